The van der Waals surface area contributed by atoms with E-state index in [1.54, 1.807) is 0 Å². The molecule has 0 N–H and O–H groups in total. The predicted molar refractivity (Wildman–Crippen MR) is 227 cm³/mol. The van der Waals surface area contributed by atoms with Gasteiger partial charge in [-0.25, -0.2) is 0 Å². The number of hydrogen-bond donors (Lipinski definition) is 0. The third-order valence-electron chi connectivity index (χ3n) is 10.7. The Labute approximate surface area is 310 Å². The lowest BCUT2D eigenvalue weighted by molar-refractivity contribution is 0.674. The topological polar surface area (TPSA) is 16.4 Å². The minimum Gasteiger partial charge on any atom is -0.455 e. The maximum atomic E-state index is 6.86. The van der Waals surface area contributed by atoms with E-state index in [9.17, 15) is 0 Å². The van der Waals surface area contributed by atoms with Crippen LogP contribution in [-0.2, 0) is 0 Å². The molecule has 0 aliphatic heterocycles. The lowest BCUT2D eigenvalue weighted by Crippen LogP contribution is -2.09. The molecule has 11 rings (SSSR count). The summed E-state index contributed by atoms with van der Waals surface area (Å²) in [7, 11) is 0. The van der Waals surface area contributed by atoms with Gasteiger partial charge in [0.1, 0.15) is 11.2 Å². The number of para-hydroxylation sites is 2. The molecule has 0 spiro atoms. The molecule has 248 valence electrons. The second-order valence-corrected chi connectivity index (χ2v) is 14.7. The molecule has 0 aliphatic rings. The molecule has 0 unspecified atom stereocenters. The highest BCUT2D eigenvalue weighted by Gasteiger charge is 2.18. The van der Waals surface area contributed by atoms with Crippen LogP contribution in [0.5, 0.6) is 0 Å². The second kappa shape index (κ2) is 11.9. The van der Waals surface area contributed by atoms with Crippen molar-refractivity contribution in [1.29, 1.82) is 0 Å². The van der Waals surface area contributed by atoms with Crippen LogP contribution in [0.15, 0.2) is 192 Å². The van der Waals surface area contributed by atoms with Gasteiger partial charge in [-0.05, 0) is 81.4 Å². The summed E-state index contributed by atoms with van der Waals surface area (Å²) >= 11 is 1.87. The summed E-state index contributed by atoms with van der Waals surface area (Å²) in [6.07, 6.45) is 0. The largest absolute Gasteiger partial charge is 0.455 e. The first-order valence-electron chi connectivity index (χ1n) is 18.0. The third kappa shape index (κ3) is 4.78. The Balaban J connectivity index is 0.996. The Bertz CT molecular complexity index is 3150. The SMILES string of the molecule is c1ccc(N(c2ccc(-c3cccc4c3oc3c4ccc4ccc5ccccc5c43)cc2)c2ccc(-c3cccc4c3sc3ccccc34)cc2)cc1. The van der Waals surface area contributed by atoms with E-state index in [1.165, 1.54) is 52.8 Å². The molecule has 3 heteroatoms. The molecule has 53 heavy (non-hydrogen) atoms. The summed E-state index contributed by atoms with van der Waals surface area (Å²) in [6.45, 7) is 0. The van der Waals surface area contributed by atoms with Crippen LogP contribution in [0.3, 0.4) is 0 Å². The number of anilines is 3. The zero-order valence-electron chi connectivity index (χ0n) is 28.7. The van der Waals surface area contributed by atoms with Gasteiger partial charge in [0.2, 0.25) is 0 Å². The van der Waals surface area contributed by atoms with Gasteiger partial charge in [-0.15, -0.1) is 11.3 Å². The molecule has 2 heterocycles. The first-order chi connectivity index (χ1) is 26.3. The molecular weight excluding hydrogens is 663 g/mol. The van der Waals surface area contributed by atoms with E-state index in [1.807, 2.05) is 11.3 Å². The minimum atomic E-state index is 0.917. The van der Waals surface area contributed by atoms with Crippen molar-refractivity contribution in [2.24, 2.45) is 0 Å². The second-order valence-electron chi connectivity index (χ2n) is 13.7. The van der Waals surface area contributed by atoms with Gasteiger partial charge in [-0.2, -0.15) is 0 Å². The van der Waals surface area contributed by atoms with E-state index in [4.69, 9.17) is 4.42 Å². The van der Waals surface area contributed by atoms with Gasteiger partial charge in [-0.3, -0.25) is 0 Å². The van der Waals surface area contributed by atoms with Crippen LogP contribution >= 0.6 is 11.3 Å². The lowest BCUT2D eigenvalue weighted by atomic mass is 9.98. The Kier molecular flexibility index (Phi) is 6.76. The van der Waals surface area contributed by atoms with Gasteiger partial charge in [0, 0.05) is 59.0 Å². The highest BCUT2D eigenvalue weighted by Crippen LogP contribution is 2.43. The van der Waals surface area contributed by atoms with Crippen molar-refractivity contribution in [3.8, 4) is 22.3 Å². The zero-order valence-corrected chi connectivity index (χ0v) is 29.5. The molecule has 0 atom stereocenters. The molecule has 2 nitrogen and oxygen atoms in total. The summed E-state index contributed by atoms with van der Waals surface area (Å²) in [5.41, 5.74) is 9.86. The smallest absolute Gasteiger partial charge is 0.143 e. The number of benzene rings is 9. The van der Waals surface area contributed by atoms with Crippen LogP contribution in [0.4, 0.5) is 17.1 Å². The normalized spacial score (nSPS) is 11.8. The van der Waals surface area contributed by atoms with Crippen molar-refractivity contribution in [1.82, 2.24) is 0 Å². The highest BCUT2D eigenvalue weighted by atomic mass is 32.1. The van der Waals surface area contributed by atoms with Crippen LogP contribution in [0.25, 0.3) is 85.9 Å². The molecule has 0 saturated carbocycles. The number of rotatable bonds is 5. The summed E-state index contributed by atoms with van der Waals surface area (Å²) in [6, 6.07) is 67.7. The molecule has 0 fully saturated rings. The Morgan fingerprint density at radius 1 is 0.358 bits per heavy atom. The molecule has 11 aromatic rings. The third-order valence-corrected chi connectivity index (χ3v) is 11.9. The van der Waals surface area contributed by atoms with Gasteiger partial charge >= 0.3 is 0 Å². The summed E-state index contributed by atoms with van der Waals surface area (Å²) < 4.78 is 9.51. The fourth-order valence-corrected chi connectivity index (χ4v) is 9.39. The molecule has 0 amide bonds. The van der Waals surface area contributed by atoms with Crippen molar-refractivity contribution >= 4 is 92.1 Å². The summed E-state index contributed by atoms with van der Waals surface area (Å²) in [4.78, 5) is 2.33. The Morgan fingerprint density at radius 2 is 0.925 bits per heavy atom. The number of thiophene rings is 1. The number of nitrogens with zero attached hydrogens (tertiary/aromatic N) is 1. The maximum Gasteiger partial charge on any atom is 0.143 e. The summed E-state index contributed by atoms with van der Waals surface area (Å²) in [5.74, 6) is 0. The van der Waals surface area contributed by atoms with Crippen LogP contribution in [0, 0.1) is 0 Å². The zero-order chi connectivity index (χ0) is 34.9. The van der Waals surface area contributed by atoms with Gasteiger partial charge in [-0.1, -0.05) is 140 Å². The molecule has 0 bridgehead atoms. The van der Waals surface area contributed by atoms with Crippen LogP contribution < -0.4 is 4.90 Å². The van der Waals surface area contributed by atoms with Crippen molar-refractivity contribution in [3.63, 3.8) is 0 Å². The molecule has 0 radical (unpaired) electrons. The van der Waals surface area contributed by atoms with Crippen molar-refractivity contribution in [2.45, 2.75) is 0 Å². The van der Waals surface area contributed by atoms with E-state index in [0.29, 0.717) is 0 Å². The van der Waals surface area contributed by atoms with Gasteiger partial charge in [0.15, 0.2) is 0 Å². The van der Waals surface area contributed by atoms with Gasteiger partial charge < -0.3 is 9.32 Å². The quantitative estimate of drug-likeness (QED) is 0.167. The number of fused-ring (bicyclic) bond motifs is 10. The average Bonchev–Trinajstić information content (AvgIpc) is 3.81. The molecule has 9 aromatic carbocycles. The van der Waals surface area contributed by atoms with Gasteiger partial charge in [0.05, 0.1) is 0 Å². The van der Waals surface area contributed by atoms with Crippen molar-refractivity contribution < 1.29 is 4.42 Å². The van der Waals surface area contributed by atoms with Crippen LogP contribution in [-0.4, -0.2) is 0 Å². The lowest BCUT2D eigenvalue weighted by Gasteiger charge is -2.26. The predicted octanol–water partition coefficient (Wildman–Crippen LogP) is 15.1. The van der Waals surface area contributed by atoms with Crippen molar-refractivity contribution in [3.05, 3.63) is 188 Å². The van der Waals surface area contributed by atoms with E-state index >= 15 is 0 Å². The average molecular weight is 694 g/mol. The Morgan fingerprint density at radius 3 is 1.72 bits per heavy atom. The monoisotopic (exact) mass is 693 g/mol. The first kappa shape index (κ1) is 30.0. The Hall–Kier alpha value is -6.68. The van der Waals surface area contributed by atoms with Crippen LogP contribution in [0.1, 0.15) is 0 Å². The fourth-order valence-electron chi connectivity index (χ4n) is 8.15. The van der Waals surface area contributed by atoms with E-state index in [-0.39, 0.29) is 0 Å². The van der Waals surface area contributed by atoms with E-state index < -0.39 is 0 Å². The van der Waals surface area contributed by atoms with E-state index in [2.05, 4.69) is 193 Å². The van der Waals surface area contributed by atoms with Crippen LogP contribution in [0.2, 0.25) is 0 Å². The number of furan rings is 1. The summed E-state index contributed by atoms with van der Waals surface area (Å²) in [5, 5.41) is 9.71. The van der Waals surface area contributed by atoms with E-state index in [0.717, 1.165) is 50.1 Å². The molecular formula is C50H31NOS. The molecule has 0 aliphatic carbocycles. The minimum absolute atomic E-state index is 0.917. The van der Waals surface area contributed by atoms with Crippen molar-refractivity contribution in [2.75, 3.05) is 4.90 Å². The highest BCUT2D eigenvalue weighted by molar-refractivity contribution is 7.26. The maximum absolute atomic E-state index is 6.86. The molecule has 2 aromatic heterocycles. The number of hydrogen-bond acceptors (Lipinski definition) is 3. The molecule has 0 saturated heterocycles. The standard InChI is InChI=1S/C50H31NOS/c1-2-11-36(12-3-1)51(38-29-24-34(25-30-38)41-16-9-18-45-42-14-6-7-19-46(42)53-50(41)45)37-27-22-33(23-28-37)40-15-8-17-43-44-31-26-35-21-20-32-10-4-5-13-39(32)47(35)49(44)52-48(40)43/h1-31H. The van der Waals surface area contributed by atoms with Gasteiger partial charge in [0.25, 0.3) is 0 Å². The fraction of sp³-hybridized carbons (Fsp3) is 0. The first-order valence-corrected chi connectivity index (χ1v) is 18.8.